The van der Waals surface area contributed by atoms with E-state index in [0.29, 0.717) is 0 Å². The Morgan fingerprint density at radius 1 is 0.361 bits per heavy atom. The van der Waals surface area contributed by atoms with Gasteiger partial charge in [-0.05, 0) is 115 Å². The molecule has 0 saturated heterocycles. The highest BCUT2D eigenvalue weighted by atomic mass is 16.3. The van der Waals surface area contributed by atoms with E-state index in [1.807, 2.05) is 19.1 Å². The van der Waals surface area contributed by atoms with E-state index in [-0.39, 0.29) is 0 Å². The van der Waals surface area contributed by atoms with E-state index in [9.17, 15) is 0 Å². The van der Waals surface area contributed by atoms with E-state index >= 15 is 0 Å². The molecule has 2 nitrogen and oxygen atoms in total. The Morgan fingerprint density at radius 3 is 1.66 bits per heavy atom. The summed E-state index contributed by atoms with van der Waals surface area (Å²) in [5.41, 5.74) is 16.7. The fourth-order valence-corrected chi connectivity index (χ4v) is 9.53. The van der Waals surface area contributed by atoms with Gasteiger partial charge in [0, 0.05) is 27.3 Å². The van der Waals surface area contributed by atoms with Gasteiger partial charge in [0.1, 0.15) is 22.5 Å². The molecule has 61 heavy (non-hydrogen) atoms. The summed E-state index contributed by atoms with van der Waals surface area (Å²) in [5, 5.41) is 11.4. The van der Waals surface area contributed by atoms with Gasteiger partial charge >= 0.3 is 0 Å². The molecule has 0 bridgehead atoms. The van der Waals surface area contributed by atoms with E-state index in [1.54, 1.807) is 0 Å². The maximum atomic E-state index is 6.28. The van der Waals surface area contributed by atoms with Gasteiger partial charge in [0.05, 0.1) is 0 Å². The maximum absolute atomic E-state index is 6.28. The predicted octanol–water partition coefficient (Wildman–Crippen LogP) is 17.0. The maximum Gasteiger partial charge on any atom is 0.143 e. The third kappa shape index (κ3) is 6.02. The van der Waals surface area contributed by atoms with Crippen LogP contribution in [0.1, 0.15) is 23.3 Å². The quantitative estimate of drug-likeness (QED) is 0.163. The lowest BCUT2D eigenvalue weighted by Gasteiger charge is -2.14. The van der Waals surface area contributed by atoms with Gasteiger partial charge < -0.3 is 8.83 Å². The number of aryl methyl sites for hydroxylation is 2. The molecule has 0 fully saturated rings. The predicted molar refractivity (Wildman–Crippen MR) is 257 cm³/mol. The second kappa shape index (κ2) is 14.0. The van der Waals surface area contributed by atoms with Crippen molar-refractivity contribution in [2.45, 2.75) is 20.3 Å². The zero-order chi connectivity index (χ0) is 40.6. The molecular weight excluding hydrogens is 741 g/mol. The molecular formula is C59H40O2. The molecule has 0 spiro atoms. The number of hydrogen-bond donors (Lipinski definition) is 0. The highest BCUT2D eigenvalue weighted by Gasteiger charge is 2.16. The first-order valence-electron chi connectivity index (χ1n) is 21.1. The van der Waals surface area contributed by atoms with Crippen molar-refractivity contribution >= 4 is 70.8 Å². The van der Waals surface area contributed by atoms with Crippen molar-refractivity contribution in [2.75, 3.05) is 0 Å². The number of fused-ring (bicyclic) bond motifs is 4. The minimum absolute atomic E-state index is 0.927. The van der Waals surface area contributed by atoms with Crippen LogP contribution in [0.15, 0.2) is 203 Å². The Hall–Kier alpha value is -7.68. The van der Waals surface area contributed by atoms with Crippen LogP contribution >= 0.6 is 0 Å². The Balaban J connectivity index is 0.000000167. The molecule has 0 amide bonds. The van der Waals surface area contributed by atoms with E-state index in [0.717, 1.165) is 50.8 Å². The van der Waals surface area contributed by atoms with Gasteiger partial charge in [0.2, 0.25) is 0 Å². The average molecular weight is 781 g/mol. The molecule has 288 valence electrons. The molecule has 0 aliphatic heterocycles. The van der Waals surface area contributed by atoms with Gasteiger partial charge in [-0.2, -0.15) is 0 Å². The number of hydrogen-bond acceptors (Lipinski definition) is 2. The van der Waals surface area contributed by atoms with Crippen molar-refractivity contribution in [3.63, 3.8) is 0 Å². The molecule has 2 heteroatoms. The van der Waals surface area contributed by atoms with E-state index in [2.05, 4.69) is 189 Å². The van der Waals surface area contributed by atoms with Crippen molar-refractivity contribution in [1.82, 2.24) is 0 Å². The summed E-state index contributed by atoms with van der Waals surface area (Å²) >= 11 is 0. The summed E-state index contributed by atoms with van der Waals surface area (Å²) in [6, 6.07) is 67.7. The normalized spacial score (nSPS) is 12.5. The second-order valence-corrected chi connectivity index (χ2v) is 16.4. The first kappa shape index (κ1) is 35.3. The van der Waals surface area contributed by atoms with Gasteiger partial charge in [-0.15, -0.1) is 0 Å². The van der Waals surface area contributed by atoms with Crippen LogP contribution < -0.4 is 0 Å². The van der Waals surface area contributed by atoms with Gasteiger partial charge in [0.15, 0.2) is 0 Å². The molecule has 12 aromatic rings. The lowest BCUT2D eigenvalue weighted by Crippen LogP contribution is -1.87. The molecule has 1 aliphatic rings. The first-order valence-corrected chi connectivity index (χ1v) is 21.1. The summed E-state index contributed by atoms with van der Waals surface area (Å²) in [6.45, 7) is 4.18. The summed E-state index contributed by atoms with van der Waals surface area (Å²) in [6.07, 6.45) is 3.42. The number of rotatable bonds is 5. The summed E-state index contributed by atoms with van der Waals surface area (Å²) in [5.74, 6) is 0.962. The lowest BCUT2D eigenvalue weighted by molar-refractivity contribution is 0.579. The molecule has 2 heterocycles. The Labute approximate surface area is 354 Å². The minimum Gasteiger partial charge on any atom is -0.461 e. The Kier molecular flexibility index (Phi) is 8.08. The largest absolute Gasteiger partial charge is 0.461 e. The molecule has 0 saturated carbocycles. The number of furan rings is 2. The van der Waals surface area contributed by atoms with Gasteiger partial charge in [-0.3, -0.25) is 0 Å². The van der Waals surface area contributed by atoms with Crippen LogP contribution in [0.3, 0.4) is 0 Å². The van der Waals surface area contributed by atoms with Crippen molar-refractivity contribution < 1.29 is 8.83 Å². The minimum atomic E-state index is 0.927. The SMILES string of the molecule is Cc1cc2cccc(-c3ccc(C4=CC4)c(C)c3)c2o1.c1cc2ccc3ccc(-c4ccc(-c5ccc(-c6cccc7c6oc6ccccc67)cc5)cc4)c4ccc(c1)c2c34. The first-order chi connectivity index (χ1) is 30.0. The fourth-order valence-electron chi connectivity index (χ4n) is 9.53. The van der Waals surface area contributed by atoms with E-state index in [1.165, 1.54) is 87.8 Å². The van der Waals surface area contributed by atoms with Crippen LogP contribution in [0, 0.1) is 13.8 Å². The molecule has 1 aliphatic carbocycles. The Morgan fingerprint density at radius 2 is 0.918 bits per heavy atom. The third-order valence-electron chi connectivity index (χ3n) is 12.6. The highest BCUT2D eigenvalue weighted by Crippen LogP contribution is 2.41. The fraction of sp³-hybridized carbons (Fsp3) is 0.0508. The molecule has 0 radical (unpaired) electrons. The summed E-state index contributed by atoms with van der Waals surface area (Å²) in [7, 11) is 0. The van der Waals surface area contributed by atoms with Crippen LogP contribution in [-0.2, 0) is 0 Å². The standard InChI is InChI=1S/C40H24O.C19H16O/c1-2-10-37-34(7-1)36-9-4-8-33(40(36)41-37)28-17-13-26(14-18-28)25-11-15-27(16-12-25)32-23-21-31-20-19-29-5-3-6-30-22-24-35(32)39(31)38(29)30;1-12-10-15(8-9-17(12)14-6-7-14)18-5-3-4-16-11-13(2)20-19(16)18/h1-24H;3-6,8-11H,7H2,1-2H3. The summed E-state index contributed by atoms with van der Waals surface area (Å²) in [4.78, 5) is 0. The van der Waals surface area contributed by atoms with E-state index in [4.69, 9.17) is 8.83 Å². The van der Waals surface area contributed by atoms with Crippen LogP contribution in [0.5, 0.6) is 0 Å². The smallest absolute Gasteiger partial charge is 0.143 e. The molecule has 10 aromatic carbocycles. The van der Waals surface area contributed by atoms with Gasteiger partial charge in [-0.1, -0.05) is 182 Å². The lowest BCUT2D eigenvalue weighted by atomic mass is 9.89. The summed E-state index contributed by atoms with van der Waals surface area (Å²) < 4.78 is 12.1. The van der Waals surface area contributed by atoms with Crippen LogP contribution in [0.2, 0.25) is 0 Å². The van der Waals surface area contributed by atoms with Crippen molar-refractivity contribution in [3.8, 4) is 44.5 Å². The van der Waals surface area contributed by atoms with Crippen molar-refractivity contribution in [2.24, 2.45) is 0 Å². The Bertz CT molecular complexity index is 3650. The van der Waals surface area contributed by atoms with Crippen LogP contribution in [0.4, 0.5) is 0 Å². The zero-order valence-corrected chi connectivity index (χ0v) is 34.0. The molecule has 0 unspecified atom stereocenters. The third-order valence-corrected chi connectivity index (χ3v) is 12.6. The number of benzene rings is 10. The molecule has 2 aromatic heterocycles. The van der Waals surface area contributed by atoms with Crippen molar-refractivity contribution in [1.29, 1.82) is 0 Å². The van der Waals surface area contributed by atoms with E-state index < -0.39 is 0 Å². The topological polar surface area (TPSA) is 26.3 Å². The molecule has 0 atom stereocenters. The number of allylic oxidation sites excluding steroid dienone is 2. The number of para-hydroxylation sites is 3. The second-order valence-electron chi connectivity index (χ2n) is 16.4. The monoisotopic (exact) mass is 780 g/mol. The van der Waals surface area contributed by atoms with Crippen LogP contribution in [-0.4, -0.2) is 0 Å². The van der Waals surface area contributed by atoms with Gasteiger partial charge in [-0.25, -0.2) is 0 Å². The van der Waals surface area contributed by atoms with Crippen LogP contribution in [0.25, 0.3) is 115 Å². The van der Waals surface area contributed by atoms with Gasteiger partial charge in [0.25, 0.3) is 0 Å². The average Bonchev–Trinajstić information content (AvgIpc) is 3.97. The molecule has 0 N–H and O–H groups in total. The zero-order valence-electron chi connectivity index (χ0n) is 34.0. The molecule has 13 rings (SSSR count). The highest BCUT2D eigenvalue weighted by molar-refractivity contribution is 6.25. The van der Waals surface area contributed by atoms with Crippen molar-refractivity contribution in [3.05, 3.63) is 211 Å².